The molecule has 3 rings (SSSR count). The van der Waals surface area contributed by atoms with E-state index in [0.717, 1.165) is 30.9 Å². The Morgan fingerprint density at radius 1 is 1.00 bits per heavy atom. The molecule has 0 saturated heterocycles. The molecule has 2 N–H and O–H groups in total. The van der Waals surface area contributed by atoms with Gasteiger partial charge in [-0.05, 0) is 36.6 Å². The molecule has 0 amide bonds. The Kier molecular flexibility index (Phi) is 6.28. The Hall–Kier alpha value is -2.79. The van der Waals surface area contributed by atoms with Crippen LogP contribution in [0.1, 0.15) is 12.0 Å². The molecule has 1 heterocycles. The van der Waals surface area contributed by atoms with Gasteiger partial charge in [0, 0.05) is 18.3 Å². The van der Waals surface area contributed by atoms with Crippen molar-refractivity contribution in [2.24, 2.45) is 0 Å². The van der Waals surface area contributed by atoms with Crippen LogP contribution in [-0.2, 0) is 6.42 Å². The van der Waals surface area contributed by atoms with Crippen LogP contribution < -0.4 is 15.4 Å². The molecule has 0 radical (unpaired) electrons. The van der Waals surface area contributed by atoms with E-state index in [9.17, 15) is 0 Å². The van der Waals surface area contributed by atoms with E-state index in [1.165, 1.54) is 11.9 Å². The predicted octanol–water partition coefficient (Wildman–Crippen LogP) is 4.93. The fourth-order valence-electron chi connectivity index (χ4n) is 2.57. The molecule has 0 aliphatic heterocycles. The fraction of sp³-hybridized carbons (Fsp3) is 0.200. The Bertz CT molecular complexity index is 842. The van der Waals surface area contributed by atoms with E-state index in [2.05, 4.69) is 44.9 Å². The van der Waals surface area contributed by atoms with Gasteiger partial charge in [-0.2, -0.15) is 0 Å². The zero-order chi connectivity index (χ0) is 18.2. The molecule has 0 saturated carbocycles. The number of rotatable bonds is 8. The highest BCUT2D eigenvalue weighted by molar-refractivity contribution is 6.32. The monoisotopic (exact) mass is 368 g/mol. The Morgan fingerprint density at radius 2 is 1.81 bits per heavy atom. The summed E-state index contributed by atoms with van der Waals surface area (Å²) in [4.78, 5) is 8.51. The Labute approximate surface area is 158 Å². The molecular formula is C20H21ClN4O. The number of benzene rings is 2. The van der Waals surface area contributed by atoms with Crippen molar-refractivity contribution >= 4 is 28.9 Å². The van der Waals surface area contributed by atoms with Crippen LogP contribution in [0.4, 0.5) is 17.3 Å². The van der Waals surface area contributed by atoms with E-state index in [1.54, 1.807) is 13.2 Å². The normalized spacial score (nSPS) is 10.4. The molecule has 5 nitrogen and oxygen atoms in total. The summed E-state index contributed by atoms with van der Waals surface area (Å²) in [6.07, 6.45) is 3.60. The standard InChI is InChI=1S/C20H21ClN4O/c1-26-18-10-9-16(12-17(18)21)25-20-13-19(23-14-24-20)22-11-5-8-15-6-3-2-4-7-15/h2-4,6-7,9-10,12-14H,5,8,11H2,1H3,(H2,22,23,24,25). The third kappa shape index (κ3) is 5.10. The molecule has 0 bridgehead atoms. The van der Waals surface area contributed by atoms with Crippen LogP contribution in [0.2, 0.25) is 5.02 Å². The van der Waals surface area contributed by atoms with Gasteiger partial charge in [0.25, 0.3) is 0 Å². The second-order valence-corrected chi connectivity index (χ2v) is 6.19. The van der Waals surface area contributed by atoms with E-state index in [-0.39, 0.29) is 0 Å². The number of ether oxygens (including phenoxy) is 1. The summed E-state index contributed by atoms with van der Waals surface area (Å²) in [6, 6.07) is 17.8. The minimum atomic E-state index is 0.547. The smallest absolute Gasteiger partial charge is 0.137 e. The van der Waals surface area contributed by atoms with Gasteiger partial charge in [-0.25, -0.2) is 9.97 Å². The maximum Gasteiger partial charge on any atom is 0.137 e. The van der Waals surface area contributed by atoms with Crippen LogP contribution in [0, 0.1) is 0 Å². The number of aryl methyl sites for hydroxylation is 1. The van der Waals surface area contributed by atoms with Gasteiger partial charge in [0.05, 0.1) is 12.1 Å². The van der Waals surface area contributed by atoms with Crippen molar-refractivity contribution in [2.75, 3.05) is 24.3 Å². The number of methoxy groups -OCH3 is 1. The van der Waals surface area contributed by atoms with Gasteiger partial charge in [-0.15, -0.1) is 0 Å². The van der Waals surface area contributed by atoms with Crippen molar-refractivity contribution < 1.29 is 4.74 Å². The third-order valence-electron chi connectivity index (χ3n) is 3.88. The van der Waals surface area contributed by atoms with Gasteiger partial charge in [-0.1, -0.05) is 41.9 Å². The summed E-state index contributed by atoms with van der Waals surface area (Å²) in [6.45, 7) is 0.847. The van der Waals surface area contributed by atoms with Crippen LogP contribution in [0.5, 0.6) is 5.75 Å². The van der Waals surface area contributed by atoms with Gasteiger partial charge in [0.2, 0.25) is 0 Å². The van der Waals surface area contributed by atoms with E-state index >= 15 is 0 Å². The first-order valence-corrected chi connectivity index (χ1v) is 8.83. The summed E-state index contributed by atoms with van der Waals surface area (Å²) in [5, 5.41) is 7.10. The topological polar surface area (TPSA) is 59.1 Å². The van der Waals surface area contributed by atoms with Crippen molar-refractivity contribution in [3.8, 4) is 5.75 Å². The fourth-order valence-corrected chi connectivity index (χ4v) is 2.83. The maximum atomic E-state index is 6.15. The predicted molar refractivity (Wildman–Crippen MR) is 107 cm³/mol. The van der Waals surface area contributed by atoms with Crippen LogP contribution >= 0.6 is 11.6 Å². The molecule has 0 unspecified atom stereocenters. The van der Waals surface area contributed by atoms with E-state index in [1.807, 2.05) is 24.3 Å². The summed E-state index contributed by atoms with van der Waals surface area (Å²) in [5.74, 6) is 2.13. The first-order chi connectivity index (χ1) is 12.7. The number of hydrogen-bond donors (Lipinski definition) is 2. The third-order valence-corrected chi connectivity index (χ3v) is 4.18. The highest BCUT2D eigenvalue weighted by Crippen LogP contribution is 2.28. The Balaban J connectivity index is 1.53. The number of nitrogens with one attached hydrogen (secondary N) is 2. The number of hydrogen-bond acceptors (Lipinski definition) is 5. The van der Waals surface area contributed by atoms with Crippen molar-refractivity contribution in [3.63, 3.8) is 0 Å². The lowest BCUT2D eigenvalue weighted by atomic mass is 10.1. The molecule has 2 aromatic carbocycles. The summed E-state index contributed by atoms with van der Waals surface area (Å²) < 4.78 is 5.16. The lowest BCUT2D eigenvalue weighted by Gasteiger charge is -2.10. The van der Waals surface area contributed by atoms with Crippen LogP contribution in [-0.4, -0.2) is 23.6 Å². The SMILES string of the molecule is COc1ccc(Nc2cc(NCCCc3ccccc3)ncn2)cc1Cl. The van der Waals surface area contributed by atoms with Crippen LogP contribution in [0.15, 0.2) is 60.9 Å². The molecular weight excluding hydrogens is 348 g/mol. The number of aromatic nitrogens is 2. The zero-order valence-electron chi connectivity index (χ0n) is 14.6. The Morgan fingerprint density at radius 3 is 2.58 bits per heavy atom. The highest BCUT2D eigenvalue weighted by Gasteiger charge is 2.04. The van der Waals surface area contributed by atoms with Gasteiger partial charge in [0.1, 0.15) is 23.7 Å². The van der Waals surface area contributed by atoms with E-state index in [0.29, 0.717) is 16.6 Å². The lowest BCUT2D eigenvalue weighted by Crippen LogP contribution is -2.05. The molecule has 0 spiro atoms. The second-order valence-electron chi connectivity index (χ2n) is 5.78. The van der Waals surface area contributed by atoms with Crippen molar-refractivity contribution in [1.82, 2.24) is 9.97 Å². The van der Waals surface area contributed by atoms with E-state index in [4.69, 9.17) is 16.3 Å². The molecule has 3 aromatic rings. The number of halogens is 1. The van der Waals surface area contributed by atoms with Crippen LogP contribution in [0.3, 0.4) is 0 Å². The van der Waals surface area contributed by atoms with Gasteiger partial charge in [-0.3, -0.25) is 0 Å². The number of nitrogens with zero attached hydrogens (tertiary/aromatic N) is 2. The lowest BCUT2D eigenvalue weighted by molar-refractivity contribution is 0.415. The minimum absolute atomic E-state index is 0.547. The van der Waals surface area contributed by atoms with Crippen molar-refractivity contribution in [3.05, 3.63) is 71.5 Å². The van der Waals surface area contributed by atoms with Gasteiger partial charge in [0.15, 0.2) is 0 Å². The second kappa shape index (κ2) is 9.06. The maximum absolute atomic E-state index is 6.15. The first-order valence-electron chi connectivity index (χ1n) is 8.45. The van der Waals surface area contributed by atoms with Crippen LogP contribution in [0.25, 0.3) is 0 Å². The quantitative estimate of drug-likeness (QED) is 0.552. The molecule has 1 aromatic heterocycles. The van der Waals surface area contributed by atoms with Crippen molar-refractivity contribution in [2.45, 2.75) is 12.8 Å². The minimum Gasteiger partial charge on any atom is -0.495 e. The first kappa shape index (κ1) is 18.0. The summed E-state index contributed by atoms with van der Waals surface area (Å²) in [7, 11) is 1.59. The molecule has 0 fully saturated rings. The average molecular weight is 369 g/mol. The molecule has 26 heavy (non-hydrogen) atoms. The largest absolute Gasteiger partial charge is 0.495 e. The average Bonchev–Trinajstić information content (AvgIpc) is 2.67. The highest BCUT2D eigenvalue weighted by atomic mass is 35.5. The van der Waals surface area contributed by atoms with Crippen molar-refractivity contribution in [1.29, 1.82) is 0 Å². The molecule has 134 valence electrons. The van der Waals surface area contributed by atoms with Gasteiger partial charge >= 0.3 is 0 Å². The molecule has 6 heteroatoms. The van der Waals surface area contributed by atoms with Gasteiger partial charge < -0.3 is 15.4 Å². The molecule has 0 atom stereocenters. The number of anilines is 3. The van der Waals surface area contributed by atoms with E-state index < -0.39 is 0 Å². The summed E-state index contributed by atoms with van der Waals surface area (Å²) in [5.41, 5.74) is 2.18. The zero-order valence-corrected chi connectivity index (χ0v) is 15.3. The molecule has 0 aliphatic carbocycles. The molecule has 0 aliphatic rings. The summed E-state index contributed by atoms with van der Waals surface area (Å²) >= 11 is 6.15.